The number of nitro groups is 1. The minimum atomic E-state index is -0.693. The number of hydrogen-bond donors (Lipinski definition) is 2. The summed E-state index contributed by atoms with van der Waals surface area (Å²) < 4.78 is 13.0. The molecule has 0 aliphatic carbocycles. The van der Waals surface area contributed by atoms with E-state index in [9.17, 15) is 14.5 Å². The number of anilines is 2. The number of benzene rings is 1. The molecule has 0 unspecified atom stereocenters. The summed E-state index contributed by atoms with van der Waals surface area (Å²) in [5.41, 5.74) is 11.0. The molecular weight excluding hydrogens is 289 g/mol. The Morgan fingerprint density at radius 3 is 2.65 bits per heavy atom. The van der Waals surface area contributed by atoms with Crippen LogP contribution in [0.1, 0.15) is 11.3 Å². The lowest BCUT2D eigenvalue weighted by molar-refractivity contribution is -0.385. The normalized spacial score (nSPS) is 10.5. The monoisotopic (exact) mass is 297 g/mol. The molecule has 0 aliphatic heterocycles. The first-order valence-corrected chi connectivity index (χ1v) is 5.76. The van der Waals surface area contributed by atoms with Crippen LogP contribution < -0.4 is 11.5 Å². The molecule has 0 spiro atoms. The average Bonchev–Trinajstić information content (AvgIpc) is 2.31. The van der Waals surface area contributed by atoms with Gasteiger partial charge in [0.15, 0.2) is 0 Å². The maximum absolute atomic E-state index is 13.0. The zero-order valence-electron chi connectivity index (χ0n) is 10.0. The molecule has 0 saturated heterocycles. The van der Waals surface area contributed by atoms with Crippen molar-refractivity contribution in [2.75, 3.05) is 11.5 Å². The van der Waals surface area contributed by atoms with Crippen LogP contribution >= 0.6 is 11.6 Å². The molecule has 1 aromatic heterocycles. The van der Waals surface area contributed by atoms with Gasteiger partial charge in [0.2, 0.25) is 11.8 Å². The van der Waals surface area contributed by atoms with E-state index >= 15 is 0 Å². The highest BCUT2D eigenvalue weighted by Gasteiger charge is 2.23. The Hall–Kier alpha value is -2.48. The van der Waals surface area contributed by atoms with Crippen molar-refractivity contribution in [1.82, 2.24) is 9.97 Å². The molecule has 0 amide bonds. The van der Waals surface area contributed by atoms with Crippen molar-refractivity contribution in [2.45, 2.75) is 6.42 Å². The Kier molecular flexibility index (Phi) is 3.66. The van der Waals surface area contributed by atoms with Crippen LogP contribution in [0.2, 0.25) is 5.02 Å². The molecule has 0 bridgehead atoms. The van der Waals surface area contributed by atoms with Gasteiger partial charge in [0.05, 0.1) is 4.92 Å². The molecule has 104 valence electrons. The lowest BCUT2D eigenvalue weighted by Crippen LogP contribution is -2.09. The molecule has 0 atom stereocenters. The van der Waals surface area contributed by atoms with E-state index in [1.54, 1.807) is 0 Å². The number of nitrogens with zero attached hydrogens (tertiary/aromatic N) is 3. The molecule has 0 aliphatic rings. The molecule has 0 fully saturated rings. The fraction of sp³-hybridized carbons (Fsp3) is 0.0909. The number of rotatable bonds is 3. The van der Waals surface area contributed by atoms with Crippen LogP contribution in [0.4, 0.5) is 21.8 Å². The van der Waals surface area contributed by atoms with E-state index < -0.39 is 16.4 Å². The number of aromatic nitrogens is 2. The van der Waals surface area contributed by atoms with Crippen molar-refractivity contribution in [3.05, 3.63) is 50.4 Å². The summed E-state index contributed by atoms with van der Waals surface area (Å²) in [7, 11) is 0. The van der Waals surface area contributed by atoms with Gasteiger partial charge < -0.3 is 11.5 Å². The summed E-state index contributed by atoms with van der Waals surface area (Å²) in [6.07, 6.45) is -0.00759. The smallest absolute Gasteiger partial charge is 0.332 e. The summed E-state index contributed by atoms with van der Waals surface area (Å²) in [6.45, 7) is 0. The van der Waals surface area contributed by atoms with Crippen molar-refractivity contribution in [3.8, 4) is 0 Å². The van der Waals surface area contributed by atoms with Gasteiger partial charge in [0.1, 0.15) is 11.5 Å². The quantitative estimate of drug-likeness (QED) is 0.659. The lowest BCUT2D eigenvalue weighted by Gasteiger charge is -2.07. The molecule has 0 saturated carbocycles. The summed E-state index contributed by atoms with van der Waals surface area (Å²) >= 11 is 5.88. The highest BCUT2D eigenvalue weighted by atomic mass is 35.5. The van der Waals surface area contributed by atoms with Gasteiger partial charge in [0, 0.05) is 11.4 Å². The van der Waals surface area contributed by atoms with Crippen LogP contribution in [0.25, 0.3) is 0 Å². The predicted octanol–water partition coefficient (Wildman–Crippen LogP) is 1.93. The lowest BCUT2D eigenvalue weighted by atomic mass is 10.1. The SMILES string of the molecule is Nc1nc(N)c([N+](=O)[O-])c(Cc2ccc(F)cc2Cl)n1. The molecule has 9 heteroatoms. The summed E-state index contributed by atoms with van der Waals surface area (Å²) in [6, 6.07) is 3.72. The molecule has 4 N–H and O–H groups in total. The van der Waals surface area contributed by atoms with Gasteiger partial charge in [-0.25, -0.2) is 9.37 Å². The van der Waals surface area contributed by atoms with Crippen LogP contribution in [0.5, 0.6) is 0 Å². The van der Waals surface area contributed by atoms with Crippen molar-refractivity contribution < 1.29 is 9.31 Å². The van der Waals surface area contributed by atoms with E-state index in [2.05, 4.69) is 9.97 Å². The second-order valence-corrected chi connectivity index (χ2v) is 4.34. The van der Waals surface area contributed by atoms with Crippen molar-refractivity contribution in [1.29, 1.82) is 0 Å². The minimum Gasteiger partial charge on any atom is -0.378 e. The van der Waals surface area contributed by atoms with Crippen molar-refractivity contribution in [3.63, 3.8) is 0 Å². The van der Waals surface area contributed by atoms with Gasteiger partial charge in [0.25, 0.3) is 0 Å². The zero-order valence-corrected chi connectivity index (χ0v) is 10.8. The fourth-order valence-electron chi connectivity index (χ4n) is 1.71. The van der Waals surface area contributed by atoms with Crippen LogP contribution in [0.15, 0.2) is 18.2 Å². The van der Waals surface area contributed by atoms with Gasteiger partial charge in [-0.15, -0.1) is 0 Å². The molecule has 1 heterocycles. The molecule has 1 aromatic carbocycles. The molecular formula is C11H9ClFN5O2. The van der Waals surface area contributed by atoms with Crippen molar-refractivity contribution >= 4 is 29.1 Å². The first-order chi connectivity index (χ1) is 9.38. The summed E-state index contributed by atoms with van der Waals surface area (Å²) in [4.78, 5) is 17.7. The molecule has 7 nitrogen and oxygen atoms in total. The van der Waals surface area contributed by atoms with E-state index in [0.29, 0.717) is 5.56 Å². The minimum absolute atomic E-state index is 0.00759. The number of halogens is 2. The van der Waals surface area contributed by atoms with E-state index in [4.69, 9.17) is 23.1 Å². The predicted molar refractivity (Wildman–Crippen MR) is 71.7 cm³/mol. The Bertz CT molecular complexity index is 695. The first kappa shape index (κ1) is 13.9. The Balaban J connectivity index is 2.50. The van der Waals surface area contributed by atoms with Gasteiger partial charge >= 0.3 is 5.69 Å². The topological polar surface area (TPSA) is 121 Å². The van der Waals surface area contributed by atoms with Crippen molar-refractivity contribution in [2.24, 2.45) is 0 Å². The second-order valence-electron chi connectivity index (χ2n) is 3.93. The summed E-state index contributed by atoms with van der Waals surface area (Å²) in [5.74, 6) is -1.01. The third-order valence-electron chi connectivity index (χ3n) is 2.56. The largest absolute Gasteiger partial charge is 0.378 e. The zero-order chi connectivity index (χ0) is 14.9. The van der Waals surface area contributed by atoms with E-state index in [-0.39, 0.29) is 28.9 Å². The average molecular weight is 298 g/mol. The first-order valence-electron chi connectivity index (χ1n) is 5.38. The van der Waals surface area contributed by atoms with Crippen LogP contribution in [0, 0.1) is 15.9 Å². The van der Waals surface area contributed by atoms with Gasteiger partial charge in [-0.3, -0.25) is 10.1 Å². The van der Waals surface area contributed by atoms with E-state index in [1.165, 1.54) is 12.1 Å². The van der Waals surface area contributed by atoms with Gasteiger partial charge in [-0.2, -0.15) is 4.98 Å². The molecule has 0 radical (unpaired) electrons. The Morgan fingerprint density at radius 1 is 1.35 bits per heavy atom. The standard InChI is InChI=1S/C11H9ClFN5O2/c12-7-4-6(13)2-1-5(7)3-8-9(18(19)20)10(14)17-11(15)16-8/h1-2,4H,3H2,(H4,14,15,16,17). The third-order valence-corrected chi connectivity index (χ3v) is 2.91. The highest BCUT2D eigenvalue weighted by Crippen LogP contribution is 2.28. The maximum Gasteiger partial charge on any atom is 0.332 e. The highest BCUT2D eigenvalue weighted by molar-refractivity contribution is 6.31. The summed E-state index contributed by atoms with van der Waals surface area (Å²) in [5, 5.41) is 11.1. The van der Waals surface area contributed by atoms with Crippen LogP contribution in [0.3, 0.4) is 0 Å². The molecule has 2 aromatic rings. The number of nitrogen functional groups attached to an aromatic ring is 2. The fourth-order valence-corrected chi connectivity index (χ4v) is 1.94. The van der Waals surface area contributed by atoms with Gasteiger partial charge in [-0.1, -0.05) is 17.7 Å². The molecule has 2 rings (SSSR count). The number of hydrogen-bond acceptors (Lipinski definition) is 6. The van der Waals surface area contributed by atoms with Gasteiger partial charge in [-0.05, 0) is 17.7 Å². The number of nitrogens with two attached hydrogens (primary N) is 2. The van der Waals surface area contributed by atoms with E-state index in [1.807, 2.05) is 0 Å². The Morgan fingerprint density at radius 2 is 2.05 bits per heavy atom. The third kappa shape index (κ3) is 2.75. The maximum atomic E-state index is 13.0. The van der Waals surface area contributed by atoms with E-state index in [0.717, 1.165) is 6.07 Å². The Labute approximate surface area is 117 Å². The van der Waals surface area contributed by atoms with Crippen LogP contribution in [-0.4, -0.2) is 14.9 Å². The second kappa shape index (κ2) is 5.25. The molecule has 20 heavy (non-hydrogen) atoms. The van der Waals surface area contributed by atoms with Crippen LogP contribution in [-0.2, 0) is 6.42 Å².